The molecule has 3 heterocycles. The first kappa shape index (κ1) is 11.4. The molecule has 0 unspecified atom stereocenters. The number of rotatable bonds is 2. The van der Waals surface area contributed by atoms with Crippen molar-refractivity contribution < 1.29 is 0 Å². The third-order valence-electron chi connectivity index (χ3n) is 3.01. The first-order valence-electron chi connectivity index (χ1n) is 5.76. The van der Waals surface area contributed by atoms with Crippen molar-refractivity contribution in [2.24, 2.45) is 0 Å². The Morgan fingerprint density at radius 2 is 1.89 bits per heavy atom. The lowest BCUT2D eigenvalue weighted by atomic mass is 10.1. The molecule has 1 saturated heterocycles. The first-order chi connectivity index (χ1) is 8.63. The summed E-state index contributed by atoms with van der Waals surface area (Å²) in [5.74, 6) is 2.48. The minimum Gasteiger partial charge on any atom is -0.336 e. The molecule has 0 aliphatic carbocycles. The van der Waals surface area contributed by atoms with Crippen molar-refractivity contribution in [3.05, 3.63) is 29.1 Å². The zero-order valence-corrected chi connectivity index (χ0v) is 11.0. The van der Waals surface area contributed by atoms with E-state index in [0.717, 1.165) is 24.7 Å². The number of halogens is 1. The van der Waals surface area contributed by atoms with E-state index >= 15 is 0 Å². The fourth-order valence-electron chi connectivity index (χ4n) is 2.12. The van der Waals surface area contributed by atoms with Gasteiger partial charge in [0.25, 0.3) is 0 Å². The minimum atomic E-state index is 0.352. The Labute approximate surface area is 110 Å². The summed E-state index contributed by atoms with van der Waals surface area (Å²) in [6.07, 6.45) is 3.23. The van der Waals surface area contributed by atoms with Crippen molar-refractivity contribution in [3.63, 3.8) is 0 Å². The molecular weight excluding hydrogens is 252 g/mol. The molecule has 0 saturated carbocycles. The summed E-state index contributed by atoms with van der Waals surface area (Å²) in [6.45, 7) is 5.58. The van der Waals surface area contributed by atoms with E-state index in [0.29, 0.717) is 17.0 Å². The van der Waals surface area contributed by atoms with Crippen molar-refractivity contribution in [2.45, 2.75) is 19.9 Å². The highest BCUT2D eigenvalue weighted by Crippen LogP contribution is 2.25. The molecule has 2 aromatic heterocycles. The van der Waals surface area contributed by atoms with Gasteiger partial charge >= 0.3 is 0 Å². The number of hydrogen-bond donors (Lipinski definition) is 0. The van der Waals surface area contributed by atoms with E-state index in [4.69, 9.17) is 11.6 Å². The normalized spacial score (nSPS) is 15.8. The topological polar surface area (TPSA) is 59.7 Å². The van der Waals surface area contributed by atoms with Gasteiger partial charge in [-0.25, -0.2) is 19.6 Å². The van der Waals surface area contributed by atoms with Crippen LogP contribution in [0.25, 0.3) is 0 Å². The highest BCUT2D eigenvalue weighted by atomic mass is 35.5. The fourth-order valence-corrected chi connectivity index (χ4v) is 2.22. The van der Waals surface area contributed by atoms with Gasteiger partial charge in [-0.2, -0.15) is 5.10 Å². The second kappa shape index (κ2) is 4.20. The van der Waals surface area contributed by atoms with Gasteiger partial charge in [0, 0.05) is 13.1 Å². The van der Waals surface area contributed by atoms with Gasteiger partial charge in [-0.1, -0.05) is 11.6 Å². The molecule has 0 aromatic carbocycles. The Morgan fingerprint density at radius 1 is 1.22 bits per heavy atom. The Morgan fingerprint density at radius 3 is 2.44 bits per heavy atom. The smallest absolute Gasteiger partial charge is 0.225 e. The van der Waals surface area contributed by atoms with Gasteiger partial charge < -0.3 is 4.90 Å². The molecule has 18 heavy (non-hydrogen) atoms. The molecule has 3 rings (SSSR count). The second-order valence-electron chi connectivity index (χ2n) is 4.41. The SMILES string of the molecule is Cc1nc(C)n(C2CN(c3ncc(Cl)cn3)C2)n1. The van der Waals surface area contributed by atoms with Gasteiger partial charge in [-0.3, -0.25) is 0 Å². The summed E-state index contributed by atoms with van der Waals surface area (Å²) in [5, 5.41) is 4.95. The van der Waals surface area contributed by atoms with Crippen LogP contribution in [-0.4, -0.2) is 37.8 Å². The highest BCUT2D eigenvalue weighted by molar-refractivity contribution is 6.30. The third kappa shape index (κ3) is 1.92. The molecule has 1 aliphatic rings. The zero-order chi connectivity index (χ0) is 12.7. The Bertz CT molecular complexity index is 557. The molecule has 6 nitrogen and oxygen atoms in total. The number of hydrogen-bond acceptors (Lipinski definition) is 5. The molecule has 0 N–H and O–H groups in total. The third-order valence-corrected chi connectivity index (χ3v) is 3.20. The van der Waals surface area contributed by atoms with E-state index in [-0.39, 0.29) is 0 Å². The summed E-state index contributed by atoms with van der Waals surface area (Å²) >= 11 is 5.76. The largest absolute Gasteiger partial charge is 0.336 e. The summed E-state index contributed by atoms with van der Waals surface area (Å²) in [5.41, 5.74) is 0. The van der Waals surface area contributed by atoms with Gasteiger partial charge in [0.1, 0.15) is 11.6 Å². The molecule has 0 atom stereocenters. The van der Waals surface area contributed by atoms with Gasteiger partial charge in [0.05, 0.1) is 23.5 Å². The molecule has 0 bridgehead atoms. The quantitative estimate of drug-likeness (QED) is 0.821. The van der Waals surface area contributed by atoms with Gasteiger partial charge in [0.15, 0.2) is 0 Å². The molecule has 0 amide bonds. The maximum absolute atomic E-state index is 5.76. The zero-order valence-electron chi connectivity index (χ0n) is 10.2. The molecule has 94 valence electrons. The van der Waals surface area contributed by atoms with Crippen LogP contribution in [0.2, 0.25) is 5.02 Å². The van der Waals surface area contributed by atoms with E-state index in [9.17, 15) is 0 Å². The number of aromatic nitrogens is 5. The summed E-state index contributed by atoms with van der Waals surface area (Å²) < 4.78 is 1.97. The molecular formula is C11H13ClN6. The predicted octanol–water partition coefficient (Wildman–Crippen LogP) is 1.40. The fraction of sp³-hybridized carbons (Fsp3) is 0.455. The first-order valence-corrected chi connectivity index (χ1v) is 6.13. The average molecular weight is 265 g/mol. The second-order valence-corrected chi connectivity index (χ2v) is 4.85. The van der Waals surface area contributed by atoms with Crippen LogP contribution in [0.3, 0.4) is 0 Å². The van der Waals surface area contributed by atoms with Gasteiger partial charge in [-0.15, -0.1) is 0 Å². The van der Waals surface area contributed by atoms with E-state index < -0.39 is 0 Å². The molecule has 1 aliphatic heterocycles. The van der Waals surface area contributed by atoms with E-state index in [2.05, 4.69) is 25.0 Å². The van der Waals surface area contributed by atoms with E-state index in [1.807, 2.05) is 18.5 Å². The van der Waals surface area contributed by atoms with Crippen molar-refractivity contribution in [2.75, 3.05) is 18.0 Å². The Hall–Kier alpha value is -1.69. The van der Waals surface area contributed by atoms with Crippen molar-refractivity contribution >= 4 is 17.5 Å². The number of nitrogens with zero attached hydrogens (tertiary/aromatic N) is 6. The molecule has 7 heteroatoms. The lowest BCUT2D eigenvalue weighted by Gasteiger charge is -2.39. The van der Waals surface area contributed by atoms with Crippen LogP contribution >= 0.6 is 11.6 Å². The van der Waals surface area contributed by atoms with Gasteiger partial charge in [0.2, 0.25) is 5.95 Å². The van der Waals surface area contributed by atoms with Crippen LogP contribution in [0, 0.1) is 13.8 Å². The van der Waals surface area contributed by atoms with Crippen molar-refractivity contribution in [1.29, 1.82) is 0 Å². The predicted molar refractivity (Wildman–Crippen MR) is 67.8 cm³/mol. The monoisotopic (exact) mass is 264 g/mol. The Kier molecular flexibility index (Phi) is 2.66. The summed E-state index contributed by atoms with van der Waals surface area (Å²) in [4.78, 5) is 14.8. The molecule has 0 radical (unpaired) electrons. The van der Waals surface area contributed by atoms with Crippen molar-refractivity contribution in [1.82, 2.24) is 24.7 Å². The molecule has 0 spiro atoms. The van der Waals surface area contributed by atoms with Crippen LogP contribution in [-0.2, 0) is 0 Å². The number of anilines is 1. The summed E-state index contributed by atoms with van der Waals surface area (Å²) in [6, 6.07) is 0.352. The van der Waals surface area contributed by atoms with Crippen LogP contribution in [0.4, 0.5) is 5.95 Å². The van der Waals surface area contributed by atoms with Crippen LogP contribution in [0.5, 0.6) is 0 Å². The van der Waals surface area contributed by atoms with Crippen molar-refractivity contribution in [3.8, 4) is 0 Å². The minimum absolute atomic E-state index is 0.352. The average Bonchev–Trinajstić information content (AvgIpc) is 2.59. The standard InChI is InChI=1S/C11H13ClN6/c1-7-15-8(2)18(16-7)10-5-17(6-10)11-13-3-9(12)4-14-11/h3-4,10H,5-6H2,1-2H3. The summed E-state index contributed by atoms with van der Waals surface area (Å²) in [7, 11) is 0. The maximum atomic E-state index is 5.76. The van der Waals surface area contributed by atoms with Gasteiger partial charge in [-0.05, 0) is 13.8 Å². The number of aryl methyl sites for hydroxylation is 2. The lowest BCUT2D eigenvalue weighted by molar-refractivity contribution is 0.355. The van der Waals surface area contributed by atoms with E-state index in [1.165, 1.54) is 0 Å². The van der Waals surface area contributed by atoms with Crippen LogP contribution in [0.15, 0.2) is 12.4 Å². The Balaban J connectivity index is 1.70. The van der Waals surface area contributed by atoms with Crippen LogP contribution < -0.4 is 4.90 Å². The van der Waals surface area contributed by atoms with E-state index in [1.54, 1.807) is 12.4 Å². The highest BCUT2D eigenvalue weighted by Gasteiger charge is 2.31. The molecule has 2 aromatic rings. The lowest BCUT2D eigenvalue weighted by Crippen LogP contribution is -2.49. The molecule has 1 fully saturated rings. The van der Waals surface area contributed by atoms with Crippen LogP contribution in [0.1, 0.15) is 17.7 Å². The maximum Gasteiger partial charge on any atom is 0.225 e.